The number of carbonyl (C=O) groups is 1. The molecule has 0 bridgehead atoms. The van der Waals surface area contributed by atoms with Crippen molar-refractivity contribution >= 4 is 5.97 Å². The van der Waals surface area contributed by atoms with Crippen LogP contribution in [0.1, 0.15) is 26.7 Å². The standard InChI is InChI=1S/C9H14O2/c1-9(2)6(5-3-4-5)7(9)8(10)11/h5-7H,3-4H2,1-2H3,(H,10,11). The second-order valence-corrected chi connectivity index (χ2v) is 4.50. The Kier molecular flexibility index (Phi) is 1.16. The van der Waals surface area contributed by atoms with E-state index < -0.39 is 5.97 Å². The minimum Gasteiger partial charge on any atom is -0.481 e. The summed E-state index contributed by atoms with van der Waals surface area (Å²) < 4.78 is 0. The van der Waals surface area contributed by atoms with Crippen LogP contribution in [0, 0.1) is 23.2 Å². The van der Waals surface area contributed by atoms with Gasteiger partial charge in [-0.3, -0.25) is 4.79 Å². The van der Waals surface area contributed by atoms with Crippen LogP contribution in [0.4, 0.5) is 0 Å². The van der Waals surface area contributed by atoms with E-state index in [1.165, 1.54) is 12.8 Å². The van der Waals surface area contributed by atoms with Crippen LogP contribution in [0.5, 0.6) is 0 Å². The molecule has 2 rings (SSSR count). The molecule has 0 aliphatic heterocycles. The van der Waals surface area contributed by atoms with Crippen LogP contribution in [0.2, 0.25) is 0 Å². The molecule has 2 fully saturated rings. The van der Waals surface area contributed by atoms with Crippen LogP contribution in [-0.2, 0) is 4.79 Å². The van der Waals surface area contributed by atoms with Crippen molar-refractivity contribution in [3.05, 3.63) is 0 Å². The van der Waals surface area contributed by atoms with Crippen molar-refractivity contribution in [1.29, 1.82) is 0 Å². The summed E-state index contributed by atoms with van der Waals surface area (Å²) in [4.78, 5) is 10.7. The summed E-state index contributed by atoms with van der Waals surface area (Å²) in [6.07, 6.45) is 2.52. The fourth-order valence-corrected chi connectivity index (χ4v) is 2.48. The van der Waals surface area contributed by atoms with Crippen LogP contribution in [0.3, 0.4) is 0 Å². The first-order valence-corrected chi connectivity index (χ1v) is 4.28. The average molecular weight is 154 g/mol. The third kappa shape index (κ3) is 0.883. The molecule has 2 aliphatic rings. The highest BCUT2D eigenvalue weighted by Gasteiger charge is 2.66. The van der Waals surface area contributed by atoms with E-state index in [4.69, 9.17) is 5.11 Å². The summed E-state index contributed by atoms with van der Waals surface area (Å²) in [5.74, 6) is 0.591. The quantitative estimate of drug-likeness (QED) is 0.658. The van der Waals surface area contributed by atoms with Gasteiger partial charge in [-0.05, 0) is 30.1 Å². The van der Waals surface area contributed by atoms with Crippen molar-refractivity contribution in [2.24, 2.45) is 23.2 Å². The SMILES string of the molecule is CC1(C)C(C(=O)O)C1C1CC1. The van der Waals surface area contributed by atoms with Gasteiger partial charge < -0.3 is 5.11 Å². The van der Waals surface area contributed by atoms with Gasteiger partial charge in [0, 0.05) is 0 Å². The third-order valence-electron chi connectivity index (χ3n) is 3.31. The predicted octanol–water partition coefficient (Wildman–Crippen LogP) is 1.75. The van der Waals surface area contributed by atoms with E-state index in [1.807, 2.05) is 0 Å². The van der Waals surface area contributed by atoms with Crippen molar-refractivity contribution in [3.8, 4) is 0 Å². The highest BCUT2D eigenvalue weighted by molar-refractivity contribution is 5.75. The molecule has 2 nitrogen and oxygen atoms in total. The summed E-state index contributed by atoms with van der Waals surface area (Å²) in [7, 11) is 0. The smallest absolute Gasteiger partial charge is 0.307 e. The monoisotopic (exact) mass is 154 g/mol. The Balaban J connectivity index is 2.08. The van der Waals surface area contributed by atoms with Crippen molar-refractivity contribution in [2.45, 2.75) is 26.7 Å². The minimum absolute atomic E-state index is 0.0463. The van der Waals surface area contributed by atoms with Crippen LogP contribution >= 0.6 is 0 Å². The fraction of sp³-hybridized carbons (Fsp3) is 0.889. The number of rotatable bonds is 2. The first kappa shape index (κ1) is 7.14. The molecule has 2 aliphatic carbocycles. The molecule has 2 saturated carbocycles. The maximum Gasteiger partial charge on any atom is 0.307 e. The van der Waals surface area contributed by atoms with Gasteiger partial charge in [0.05, 0.1) is 5.92 Å². The van der Waals surface area contributed by atoms with E-state index >= 15 is 0 Å². The lowest BCUT2D eigenvalue weighted by Gasteiger charge is -1.97. The Morgan fingerprint density at radius 3 is 2.27 bits per heavy atom. The Morgan fingerprint density at radius 2 is 2.00 bits per heavy atom. The van der Waals surface area contributed by atoms with Gasteiger partial charge >= 0.3 is 5.97 Å². The first-order valence-electron chi connectivity index (χ1n) is 4.28. The molecule has 0 spiro atoms. The van der Waals surface area contributed by atoms with Gasteiger partial charge in [0.15, 0.2) is 0 Å². The normalized spacial score (nSPS) is 40.2. The minimum atomic E-state index is -0.591. The van der Waals surface area contributed by atoms with Crippen LogP contribution in [0.25, 0.3) is 0 Å². The molecule has 0 heterocycles. The van der Waals surface area contributed by atoms with Crippen molar-refractivity contribution in [2.75, 3.05) is 0 Å². The second-order valence-electron chi connectivity index (χ2n) is 4.50. The van der Waals surface area contributed by atoms with E-state index in [9.17, 15) is 4.79 Å². The summed E-state index contributed by atoms with van der Waals surface area (Å²) in [5, 5.41) is 8.84. The lowest BCUT2D eigenvalue weighted by molar-refractivity contribution is -0.139. The number of hydrogen-bond acceptors (Lipinski definition) is 1. The molecule has 2 heteroatoms. The Bertz CT molecular complexity index is 204. The Morgan fingerprint density at radius 1 is 1.45 bits per heavy atom. The van der Waals surface area contributed by atoms with E-state index in [0.717, 1.165) is 5.92 Å². The largest absolute Gasteiger partial charge is 0.481 e. The van der Waals surface area contributed by atoms with Crippen LogP contribution in [0.15, 0.2) is 0 Å². The van der Waals surface area contributed by atoms with Gasteiger partial charge in [-0.2, -0.15) is 0 Å². The molecule has 0 aromatic heterocycles. The summed E-state index contributed by atoms with van der Waals surface area (Å²) in [5.41, 5.74) is 0.0903. The lowest BCUT2D eigenvalue weighted by Crippen LogP contribution is -2.03. The van der Waals surface area contributed by atoms with Crippen LogP contribution < -0.4 is 0 Å². The molecule has 62 valence electrons. The molecular formula is C9H14O2. The van der Waals surface area contributed by atoms with Crippen LogP contribution in [-0.4, -0.2) is 11.1 Å². The average Bonchev–Trinajstić information content (AvgIpc) is 2.63. The second kappa shape index (κ2) is 1.79. The number of carboxylic acid groups (broad SMARTS) is 1. The molecule has 0 radical (unpaired) electrons. The molecular weight excluding hydrogens is 140 g/mol. The number of aliphatic carboxylic acids is 1. The number of carboxylic acids is 1. The van der Waals surface area contributed by atoms with Gasteiger partial charge in [0.25, 0.3) is 0 Å². The Hall–Kier alpha value is -0.530. The van der Waals surface area contributed by atoms with Gasteiger partial charge in [-0.1, -0.05) is 13.8 Å². The molecule has 0 saturated heterocycles. The van der Waals surface area contributed by atoms with Gasteiger partial charge in [-0.25, -0.2) is 0 Å². The molecule has 2 atom stereocenters. The first-order chi connectivity index (χ1) is 5.05. The topological polar surface area (TPSA) is 37.3 Å². The lowest BCUT2D eigenvalue weighted by atomic mass is 10.1. The molecule has 2 unspecified atom stereocenters. The highest BCUT2D eigenvalue weighted by Crippen LogP contribution is 2.67. The van der Waals surface area contributed by atoms with Crippen molar-refractivity contribution < 1.29 is 9.90 Å². The molecule has 11 heavy (non-hydrogen) atoms. The molecule has 0 aromatic carbocycles. The summed E-state index contributed by atoms with van der Waals surface area (Å²) in [6.45, 7) is 4.16. The highest BCUT2D eigenvalue weighted by atomic mass is 16.4. The number of hydrogen-bond donors (Lipinski definition) is 1. The van der Waals surface area contributed by atoms with E-state index in [0.29, 0.717) is 5.92 Å². The zero-order valence-electron chi connectivity index (χ0n) is 7.00. The summed E-state index contributed by atoms with van der Waals surface area (Å²) in [6, 6.07) is 0. The maximum absolute atomic E-state index is 10.7. The molecule has 0 amide bonds. The maximum atomic E-state index is 10.7. The Labute approximate surface area is 66.6 Å². The van der Waals surface area contributed by atoms with E-state index in [1.54, 1.807) is 0 Å². The molecule has 0 aromatic rings. The fourth-order valence-electron chi connectivity index (χ4n) is 2.48. The zero-order chi connectivity index (χ0) is 8.22. The third-order valence-corrected chi connectivity index (χ3v) is 3.31. The predicted molar refractivity (Wildman–Crippen MR) is 41.1 cm³/mol. The van der Waals surface area contributed by atoms with Crippen molar-refractivity contribution in [1.82, 2.24) is 0 Å². The van der Waals surface area contributed by atoms with Crippen molar-refractivity contribution in [3.63, 3.8) is 0 Å². The van der Waals surface area contributed by atoms with E-state index in [-0.39, 0.29) is 11.3 Å². The molecule has 1 N–H and O–H groups in total. The van der Waals surface area contributed by atoms with Gasteiger partial charge in [-0.15, -0.1) is 0 Å². The summed E-state index contributed by atoms with van der Waals surface area (Å²) >= 11 is 0. The zero-order valence-corrected chi connectivity index (χ0v) is 7.00. The van der Waals surface area contributed by atoms with Gasteiger partial charge in [0.1, 0.15) is 0 Å². The van der Waals surface area contributed by atoms with Gasteiger partial charge in [0.2, 0.25) is 0 Å². The van der Waals surface area contributed by atoms with E-state index in [2.05, 4.69) is 13.8 Å².